The third-order valence-electron chi connectivity index (χ3n) is 4.45. The van der Waals surface area contributed by atoms with Crippen molar-refractivity contribution in [3.8, 4) is 0 Å². The number of rotatable bonds is 1. The Balaban J connectivity index is 0.000000248. The van der Waals surface area contributed by atoms with Crippen LogP contribution in [-0.2, 0) is 11.8 Å². The first-order valence-corrected chi connectivity index (χ1v) is 11.1. The van der Waals surface area contributed by atoms with E-state index in [4.69, 9.17) is 0 Å². The first-order chi connectivity index (χ1) is 12.6. The van der Waals surface area contributed by atoms with Gasteiger partial charge in [-0.2, -0.15) is 0 Å². The van der Waals surface area contributed by atoms with Gasteiger partial charge in [-0.15, -0.1) is 11.8 Å². The molecule has 0 aliphatic carbocycles. The van der Waals surface area contributed by atoms with Crippen LogP contribution < -0.4 is 5.32 Å². The highest BCUT2D eigenvalue weighted by atomic mass is 32.2. The molecule has 1 N–H and O–H groups in total. The van der Waals surface area contributed by atoms with Gasteiger partial charge >= 0.3 is 0 Å². The van der Waals surface area contributed by atoms with E-state index in [-0.39, 0.29) is 5.41 Å². The van der Waals surface area contributed by atoms with E-state index in [1.807, 2.05) is 25.6 Å². The molecule has 0 atom stereocenters. The van der Waals surface area contributed by atoms with E-state index in [1.54, 1.807) is 0 Å². The highest BCUT2D eigenvalue weighted by molar-refractivity contribution is 8.00. The summed E-state index contributed by atoms with van der Waals surface area (Å²) < 4.78 is 0.322. The Kier molecular flexibility index (Phi) is 8.94. The zero-order valence-corrected chi connectivity index (χ0v) is 19.7. The second kappa shape index (κ2) is 10.2. The lowest BCUT2D eigenvalue weighted by atomic mass is 9.86. The van der Waals surface area contributed by atoms with Crippen LogP contribution in [-0.4, -0.2) is 11.3 Å². The van der Waals surface area contributed by atoms with Gasteiger partial charge < -0.3 is 5.32 Å². The molecule has 2 aromatic rings. The normalized spacial score (nSPS) is 14.6. The molecule has 150 valence electrons. The molecule has 0 saturated carbocycles. The molecule has 0 bridgehead atoms. The second-order valence-corrected chi connectivity index (χ2v) is 10.3. The van der Waals surface area contributed by atoms with E-state index in [0.29, 0.717) is 4.75 Å². The van der Waals surface area contributed by atoms with Crippen molar-refractivity contribution in [1.29, 1.82) is 0 Å². The van der Waals surface area contributed by atoms with Crippen LogP contribution in [0.15, 0.2) is 47.4 Å². The number of hydrogen-bond acceptors (Lipinski definition) is 2. The molecule has 0 saturated heterocycles. The fourth-order valence-corrected chi connectivity index (χ4v) is 3.87. The minimum atomic E-state index is 0.284. The lowest BCUT2D eigenvalue weighted by Crippen LogP contribution is -2.29. The van der Waals surface area contributed by atoms with Gasteiger partial charge in [0, 0.05) is 21.9 Å². The van der Waals surface area contributed by atoms with Gasteiger partial charge in [-0.25, -0.2) is 0 Å². The Bertz CT molecular complexity index is 693. The third-order valence-corrected chi connectivity index (χ3v) is 5.73. The number of nitrogens with one attached hydrogen (secondary N) is 1. The van der Waals surface area contributed by atoms with Crippen LogP contribution >= 0.6 is 11.8 Å². The molecule has 0 spiro atoms. The Morgan fingerprint density at radius 3 is 2.11 bits per heavy atom. The fourth-order valence-electron chi connectivity index (χ4n) is 2.75. The topological polar surface area (TPSA) is 12.0 Å². The van der Waals surface area contributed by atoms with Gasteiger partial charge in [0.2, 0.25) is 0 Å². The van der Waals surface area contributed by atoms with E-state index in [9.17, 15) is 0 Å². The summed E-state index contributed by atoms with van der Waals surface area (Å²) in [7, 11) is 0. The summed E-state index contributed by atoms with van der Waals surface area (Å²) in [5, 5.41) is 3.47. The number of aryl methyl sites for hydroxylation is 2. The quantitative estimate of drug-likeness (QED) is 0.536. The molecule has 2 aromatic carbocycles. The van der Waals surface area contributed by atoms with E-state index in [2.05, 4.69) is 96.2 Å². The van der Waals surface area contributed by atoms with Crippen LogP contribution in [0.2, 0.25) is 0 Å². The maximum atomic E-state index is 3.47. The lowest BCUT2D eigenvalue weighted by molar-refractivity contribution is 0.590. The highest BCUT2D eigenvalue weighted by Crippen LogP contribution is 2.41. The molecule has 0 unspecified atom stereocenters. The molecular weight excluding hydrogens is 346 g/mol. The lowest BCUT2D eigenvalue weighted by Gasteiger charge is -2.31. The Morgan fingerprint density at radius 1 is 1.00 bits per heavy atom. The molecule has 1 aliphatic heterocycles. The first-order valence-electron chi connectivity index (χ1n) is 10.2. The molecule has 27 heavy (non-hydrogen) atoms. The van der Waals surface area contributed by atoms with Crippen molar-refractivity contribution in [2.45, 2.75) is 83.8 Å². The van der Waals surface area contributed by atoms with E-state index in [1.165, 1.54) is 27.3 Å². The zero-order chi connectivity index (χ0) is 20.7. The molecule has 1 aliphatic rings. The van der Waals surface area contributed by atoms with Crippen molar-refractivity contribution in [2.75, 3.05) is 11.9 Å². The predicted molar refractivity (Wildman–Crippen MR) is 125 cm³/mol. The van der Waals surface area contributed by atoms with Crippen LogP contribution in [0.5, 0.6) is 0 Å². The standard InChI is InChI=1S/C12H18.C11H15NS.C2H6/c1-5-10-6-8-11(9-7-10)12(2,3)4;1-8-4-5-10-9(6-8)12-7-11(2,3)13-10;1-2/h6-9H,5H2,1-4H3;4-6,12H,7H2,1-3H3;1-2H3. The number of fused-ring (bicyclic) bond motifs is 1. The number of anilines is 1. The van der Waals surface area contributed by atoms with Gasteiger partial charge in [0.15, 0.2) is 0 Å². The van der Waals surface area contributed by atoms with Gasteiger partial charge in [-0.1, -0.05) is 71.9 Å². The average Bonchev–Trinajstić information content (AvgIpc) is 2.63. The number of hydrogen-bond donors (Lipinski definition) is 1. The molecule has 0 fully saturated rings. The van der Waals surface area contributed by atoms with Gasteiger partial charge in [-0.3, -0.25) is 0 Å². The minimum Gasteiger partial charge on any atom is -0.383 e. The van der Waals surface area contributed by atoms with E-state index in [0.717, 1.165) is 13.0 Å². The molecule has 0 aromatic heterocycles. The van der Waals surface area contributed by atoms with Crippen molar-refractivity contribution in [3.63, 3.8) is 0 Å². The van der Waals surface area contributed by atoms with E-state index >= 15 is 0 Å². The highest BCUT2D eigenvalue weighted by Gasteiger charge is 2.25. The van der Waals surface area contributed by atoms with Gasteiger partial charge in [-0.05, 0) is 61.4 Å². The first kappa shape index (κ1) is 23.6. The average molecular weight is 386 g/mol. The van der Waals surface area contributed by atoms with Gasteiger partial charge in [0.1, 0.15) is 0 Å². The summed E-state index contributed by atoms with van der Waals surface area (Å²) in [6.07, 6.45) is 1.13. The Hall–Kier alpha value is -1.41. The van der Waals surface area contributed by atoms with Gasteiger partial charge in [0.25, 0.3) is 0 Å². The maximum Gasteiger partial charge on any atom is 0.0481 e. The van der Waals surface area contributed by atoms with Crippen molar-refractivity contribution < 1.29 is 0 Å². The largest absolute Gasteiger partial charge is 0.383 e. The van der Waals surface area contributed by atoms with Crippen molar-refractivity contribution in [1.82, 2.24) is 0 Å². The molecule has 2 heteroatoms. The van der Waals surface area contributed by atoms with Crippen LogP contribution in [0, 0.1) is 6.92 Å². The fraction of sp³-hybridized carbons (Fsp3) is 0.520. The maximum absolute atomic E-state index is 3.47. The summed E-state index contributed by atoms with van der Waals surface area (Å²) >= 11 is 1.96. The van der Waals surface area contributed by atoms with Crippen molar-refractivity contribution >= 4 is 17.4 Å². The Morgan fingerprint density at radius 2 is 1.59 bits per heavy atom. The predicted octanol–water partition coefficient (Wildman–Crippen LogP) is 7.86. The third kappa shape index (κ3) is 7.62. The molecule has 0 radical (unpaired) electrons. The van der Waals surface area contributed by atoms with Crippen LogP contribution in [0.3, 0.4) is 0 Å². The molecule has 1 nitrogen and oxygen atoms in total. The summed E-state index contributed by atoms with van der Waals surface area (Å²) in [5.74, 6) is 0. The molecular formula is C25H39NS. The van der Waals surface area contributed by atoms with Gasteiger partial charge in [0.05, 0.1) is 0 Å². The minimum absolute atomic E-state index is 0.284. The molecule has 1 heterocycles. The Labute approximate surface area is 172 Å². The molecule has 0 amide bonds. The summed E-state index contributed by atoms with van der Waals surface area (Å²) in [6, 6.07) is 15.5. The van der Waals surface area contributed by atoms with Crippen LogP contribution in [0.4, 0.5) is 5.69 Å². The SMILES string of the molecule is CC.CCc1ccc(C(C)(C)C)cc1.Cc1ccc2c(c1)NCC(C)(C)S2. The summed E-state index contributed by atoms with van der Waals surface area (Å²) in [6.45, 7) is 20.6. The van der Waals surface area contributed by atoms with Crippen LogP contribution in [0.25, 0.3) is 0 Å². The number of thioether (sulfide) groups is 1. The van der Waals surface area contributed by atoms with Crippen LogP contribution in [0.1, 0.15) is 72.1 Å². The number of benzene rings is 2. The summed E-state index contributed by atoms with van der Waals surface area (Å²) in [5.41, 5.74) is 5.74. The smallest absolute Gasteiger partial charge is 0.0481 e. The zero-order valence-electron chi connectivity index (χ0n) is 18.9. The van der Waals surface area contributed by atoms with Crippen molar-refractivity contribution in [3.05, 3.63) is 59.2 Å². The monoisotopic (exact) mass is 385 g/mol. The van der Waals surface area contributed by atoms with Crippen molar-refractivity contribution in [2.24, 2.45) is 0 Å². The molecule has 3 rings (SSSR count). The second-order valence-electron chi connectivity index (χ2n) is 8.52. The summed E-state index contributed by atoms with van der Waals surface area (Å²) in [4.78, 5) is 1.38. The van der Waals surface area contributed by atoms with E-state index < -0.39 is 0 Å².